The van der Waals surface area contributed by atoms with Crippen LogP contribution in [0.3, 0.4) is 0 Å². The van der Waals surface area contributed by atoms with Crippen LogP contribution in [0.2, 0.25) is 0 Å². The summed E-state index contributed by atoms with van der Waals surface area (Å²) in [6.07, 6.45) is 6.85. The number of aromatic nitrogens is 3. The van der Waals surface area contributed by atoms with Gasteiger partial charge in [-0.25, -0.2) is 4.98 Å². The minimum absolute atomic E-state index is 0.297. The van der Waals surface area contributed by atoms with Crippen molar-refractivity contribution in [2.24, 2.45) is 24.1 Å². The highest BCUT2D eigenvalue weighted by atomic mass is 15.1. The van der Waals surface area contributed by atoms with Gasteiger partial charge in [0.25, 0.3) is 0 Å². The maximum atomic E-state index is 5.76. The Balaban J connectivity index is 2.14. The van der Waals surface area contributed by atoms with Crippen molar-refractivity contribution >= 4 is 11.0 Å². The van der Waals surface area contributed by atoms with Gasteiger partial charge in [0.1, 0.15) is 11.3 Å². The summed E-state index contributed by atoms with van der Waals surface area (Å²) in [6.45, 7) is 7.65. The van der Waals surface area contributed by atoms with Crippen LogP contribution in [0.1, 0.15) is 39.4 Å². The summed E-state index contributed by atoms with van der Waals surface area (Å²) in [5.41, 5.74) is 8.19. The zero-order valence-electron chi connectivity index (χ0n) is 13.1. The number of rotatable bonds is 5. The number of aryl methyl sites for hydroxylation is 2. The highest BCUT2D eigenvalue weighted by Gasteiger charge is 2.24. The fourth-order valence-electron chi connectivity index (χ4n) is 2.84. The van der Waals surface area contributed by atoms with Crippen molar-refractivity contribution in [3.63, 3.8) is 0 Å². The number of nitrogens with two attached hydrogens (primary N) is 1. The van der Waals surface area contributed by atoms with Crippen LogP contribution in [-0.2, 0) is 13.5 Å². The summed E-state index contributed by atoms with van der Waals surface area (Å²) in [4.78, 5) is 8.83. The molecule has 0 saturated heterocycles. The zero-order valence-corrected chi connectivity index (χ0v) is 13.1. The molecular formula is C16H26N4. The summed E-state index contributed by atoms with van der Waals surface area (Å²) >= 11 is 0. The van der Waals surface area contributed by atoms with Crippen LogP contribution in [0.15, 0.2) is 18.5 Å². The topological polar surface area (TPSA) is 56.7 Å². The molecule has 2 N–H and O–H groups in total. The second-order valence-corrected chi connectivity index (χ2v) is 6.63. The summed E-state index contributed by atoms with van der Waals surface area (Å²) in [5, 5.41) is 0. The number of pyridine rings is 1. The molecule has 110 valence electrons. The van der Waals surface area contributed by atoms with Crippen molar-refractivity contribution in [3.05, 3.63) is 24.3 Å². The van der Waals surface area contributed by atoms with Crippen LogP contribution in [0.25, 0.3) is 11.0 Å². The monoisotopic (exact) mass is 274 g/mol. The third-order valence-corrected chi connectivity index (χ3v) is 4.23. The zero-order chi connectivity index (χ0) is 14.8. The first-order valence-corrected chi connectivity index (χ1v) is 7.39. The number of fused-ring (bicyclic) bond motifs is 1. The number of imidazole rings is 1. The SMILES string of the molecule is Cn1c(CCC(CCN)C(C)(C)C)nc2cnccc21. The molecule has 0 saturated carbocycles. The second-order valence-electron chi connectivity index (χ2n) is 6.63. The maximum absolute atomic E-state index is 5.76. The Labute approximate surface area is 121 Å². The quantitative estimate of drug-likeness (QED) is 0.912. The van der Waals surface area contributed by atoms with E-state index in [0.717, 1.165) is 42.7 Å². The first-order valence-electron chi connectivity index (χ1n) is 7.39. The van der Waals surface area contributed by atoms with Crippen molar-refractivity contribution < 1.29 is 0 Å². The highest BCUT2D eigenvalue weighted by Crippen LogP contribution is 2.32. The molecule has 0 radical (unpaired) electrons. The van der Waals surface area contributed by atoms with E-state index >= 15 is 0 Å². The average molecular weight is 274 g/mol. The van der Waals surface area contributed by atoms with Crippen LogP contribution in [-0.4, -0.2) is 21.1 Å². The van der Waals surface area contributed by atoms with Crippen molar-refractivity contribution in [2.45, 2.75) is 40.0 Å². The molecule has 0 spiro atoms. The molecule has 1 unspecified atom stereocenters. The van der Waals surface area contributed by atoms with Gasteiger partial charge in [-0.05, 0) is 36.8 Å². The van der Waals surface area contributed by atoms with Crippen LogP contribution in [0.4, 0.5) is 0 Å². The molecule has 0 aliphatic heterocycles. The lowest BCUT2D eigenvalue weighted by molar-refractivity contribution is 0.213. The minimum atomic E-state index is 0.297. The predicted octanol–water partition coefficient (Wildman–Crippen LogP) is 2.91. The van der Waals surface area contributed by atoms with E-state index in [0.29, 0.717) is 11.3 Å². The molecule has 0 aliphatic carbocycles. The summed E-state index contributed by atoms with van der Waals surface area (Å²) in [7, 11) is 2.08. The van der Waals surface area contributed by atoms with E-state index in [2.05, 4.69) is 37.4 Å². The van der Waals surface area contributed by atoms with Crippen LogP contribution in [0, 0.1) is 11.3 Å². The van der Waals surface area contributed by atoms with E-state index in [-0.39, 0.29) is 0 Å². The Kier molecular flexibility index (Phi) is 4.43. The molecule has 1 atom stereocenters. The highest BCUT2D eigenvalue weighted by molar-refractivity contribution is 5.74. The number of nitrogens with zero attached hydrogens (tertiary/aromatic N) is 3. The molecule has 2 heterocycles. The van der Waals surface area contributed by atoms with Crippen LogP contribution in [0.5, 0.6) is 0 Å². The van der Waals surface area contributed by atoms with E-state index < -0.39 is 0 Å². The van der Waals surface area contributed by atoms with E-state index in [1.165, 1.54) is 0 Å². The molecule has 0 fully saturated rings. The lowest BCUT2D eigenvalue weighted by atomic mass is 9.76. The van der Waals surface area contributed by atoms with Gasteiger partial charge in [-0.3, -0.25) is 4.98 Å². The largest absolute Gasteiger partial charge is 0.331 e. The molecule has 20 heavy (non-hydrogen) atoms. The Hall–Kier alpha value is -1.42. The van der Waals surface area contributed by atoms with Gasteiger partial charge in [0.15, 0.2) is 0 Å². The first-order chi connectivity index (χ1) is 9.43. The predicted molar refractivity (Wildman–Crippen MR) is 83.4 cm³/mol. The van der Waals surface area contributed by atoms with Gasteiger partial charge in [0.05, 0.1) is 11.7 Å². The minimum Gasteiger partial charge on any atom is -0.331 e. The van der Waals surface area contributed by atoms with Crippen LogP contribution >= 0.6 is 0 Å². The standard InChI is InChI=1S/C16H26N4/c1-16(2,3)12(7-9-17)5-6-15-19-13-11-18-10-8-14(13)20(15)4/h8,10-12H,5-7,9,17H2,1-4H3. The van der Waals surface area contributed by atoms with Gasteiger partial charge < -0.3 is 10.3 Å². The molecular weight excluding hydrogens is 248 g/mol. The molecule has 2 aromatic rings. The summed E-state index contributed by atoms with van der Waals surface area (Å²) in [6, 6.07) is 2.02. The third-order valence-electron chi connectivity index (χ3n) is 4.23. The smallest absolute Gasteiger partial charge is 0.109 e. The Bertz CT molecular complexity index is 565. The fraction of sp³-hybridized carbons (Fsp3) is 0.625. The van der Waals surface area contributed by atoms with E-state index in [9.17, 15) is 0 Å². The van der Waals surface area contributed by atoms with Crippen molar-refractivity contribution in [1.29, 1.82) is 0 Å². The number of hydrogen-bond donors (Lipinski definition) is 1. The van der Waals surface area contributed by atoms with Gasteiger partial charge in [-0.1, -0.05) is 20.8 Å². The van der Waals surface area contributed by atoms with Crippen LogP contribution < -0.4 is 5.73 Å². The van der Waals surface area contributed by atoms with Gasteiger partial charge in [0, 0.05) is 19.7 Å². The van der Waals surface area contributed by atoms with Crippen molar-refractivity contribution in [3.8, 4) is 0 Å². The molecule has 0 amide bonds. The van der Waals surface area contributed by atoms with Gasteiger partial charge in [-0.2, -0.15) is 0 Å². The normalized spacial score (nSPS) is 13.8. The van der Waals surface area contributed by atoms with Gasteiger partial charge in [0.2, 0.25) is 0 Å². The Morgan fingerprint density at radius 1 is 1.30 bits per heavy atom. The van der Waals surface area contributed by atoms with Crippen molar-refractivity contribution in [1.82, 2.24) is 14.5 Å². The molecule has 0 aliphatic rings. The second kappa shape index (κ2) is 5.92. The fourth-order valence-corrected chi connectivity index (χ4v) is 2.84. The van der Waals surface area contributed by atoms with E-state index in [1.807, 2.05) is 18.5 Å². The third kappa shape index (κ3) is 3.18. The lowest BCUT2D eigenvalue weighted by Crippen LogP contribution is -2.24. The molecule has 2 aromatic heterocycles. The molecule has 2 rings (SSSR count). The van der Waals surface area contributed by atoms with E-state index in [1.54, 1.807) is 0 Å². The maximum Gasteiger partial charge on any atom is 0.109 e. The molecule has 4 heteroatoms. The van der Waals surface area contributed by atoms with Gasteiger partial charge in [-0.15, -0.1) is 0 Å². The van der Waals surface area contributed by atoms with E-state index in [4.69, 9.17) is 10.7 Å². The lowest BCUT2D eigenvalue weighted by Gasteiger charge is -2.30. The summed E-state index contributed by atoms with van der Waals surface area (Å²) < 4.78 is 2.18. The molecule has 0 aromatic carbocycles. The Morgan fingerprint density at radius 3 is 2.65 bits per heavy atom. The molecule has 0 bridgehead atoms. The first kappa shape index (κ1) is 15.0. The van der Waals surface area contributed by atoms with Gasteiger partial charge >= 0.3 is 0 Å². The average Bonchev–Trinajstić information content (AvgIpc) is 2.71. The molecule has 4 nitrogen and oxygen atoms in total. The Morgan fingerprint density at radius 2 is 2.05 bits per heavy atom. The number of hydrogen-bond acceptors (Lipinski definition) is 3. The summed E-state index contributed by atoms with van der Waals surface area (Å²) in [5.74, 6) is 1.77. The van der Waals surface area contributed by atoms with Crippen molar-refractivity contribution in [2.75, 3.05) is 6.54 Å².